The lowest BCUT2D eigenvalue weighted by Gasteiger charge is -2.43. The molecule has 2 aliphatic rings. The molecule has 0 amide bonds. The highest BCUT2D eigenvalue weighted by Crippen LogP contribution is 2.49. The number of Topliss-reactive ketones (excluding diaryl/α,β-unsaturated/α-hetero) is 1. The number of fused-ring (bicyclic) bond motifs is 3. The molecule has 142 valence electrons. The van der Waals surface area contributed by atoms with Gasteiger partial charge in [-0.1, -0.05) is 29.3 Å². The molecule has 1 aliphatic heterocycles. The molecular formula is C21H19ClF2O3. The number of hydrogen-bond acceptors (Lipinski definition) is 3. The zero-order valence-corrected chi connectivity index (χ0v) is 15.6. The monoisotopic (exact) mass is 392 g/mol. The minimum Gasteiger partial charge on any atom is -0.490 e. The summed E-state index contributed by atoms with van der Waals surface area (Å²) in [6.07, 6.45) is 1.27. The second kappa shape index (κ2) is 7.77. The number of carbonyl (C=O) groups is 2. The Morgan fingerprint density at radius 3 is 2.44 bits per heavy atom. The predicted molar refractivity (Wildman–Crippen MR) is 98.1 cm³/mol. The maximum atomic E-state index is 14.1. The van der Waals surface area contributed by atoms with Gasteiger partial charge in [0.1, 0.15) is 17.9 Å². The lowest BCUT2D eigenvalue weighted by Crippen LogP contribution is -2.48. The third-order valence-electron chi connectivity index (χ3n) is 5.19. The van der Waals surface area contributed by atoms with Crippen molar-refractivity contribution in [2.24, 2.45) is 5.92 Å². The molecule has 2 atom stereocenters. The predicted octanol–water partition coefficient (Wildman–Crippen LogP) is 4.81. The number of aryl methyl sites for hydroxylation is 1. The Kier molecular flexibility index (Phi) is 5.61. The first kappa shape index (κ1) is 19.5. The van der Waals surface area contributed by atoms with E-state index in [9.17, 15) is 18.4 Å². The van der Waals surface area contributed by atoms with Crippen molar-refractivity contribution in [2.75, 3.05) is 6.61 Å². The number of halogens is 3. The van der Waals surface area contributed by atoms with Crippen LogP contribution in [0.3, 0.4) is 0 Å². The van der Waals surface area contributed by atoms with E-state index in [-0.39, 0.29) is 43.0 Å². The lowest BCUT2D eigenvalue weighted by atomic mass is 9.62. The third kappa shape index (κ3) is 3.74. The van der Waals surface area contributed by atoms with Crippen molar-refractivity contribution >= 4 is 23.7 Å². The standard InChI is InChI=1S/C14H12F2O3.C7H7Cl/c15-10-1-2-11(16)13-12(10)14(7-17)4-3-9(18)5-8(14)6-19-13;1-6-2-4-7(8)5-3-6/h1-2,7-8H,3-6H2;2-5H,1H3/t8-,14?;/m1./s1. The Labute approximate surface area is 161 Å². The van der Waals surface area contributed by atoms with Crippen LogP contribution < -0.4 is 4.74 Å². The highest BCUT2D eigenvalue weighted by molar-refractivity contribution is 6.30. The van der Waals surface area contributed by atoms with Gasteiger partial charge in [0.25, 0.3) is 0 Å². The minimum absolute atomic E-state index is 0.0220. The van der Waals surface area contributed by atoms with Crippen molar-refractivity contribution in [3.63, 3.8) is 0 Å². The molecule has 1 saturated carbocycles. The Morgan fingerprint density at radius 2 is 1.81 bits per heavy atom. The molecule has 0 saturated heterocycles. The van der Waals surface area contributed by atoms with Crippen LogP contribution in [0.25, 0.3) is 0 Å². The Bertz CT molecular complexity index is 845. The second-order valence-corrected chi connectivity index (χ2v) is 7.37. The molecule has 1 heterocycles. The fourth-order valence-corrected chi connectivity index (χ4v) is 3.81. The SMILES string of the molecule is Cc1ccc(Cl)cc1.O=CC12CCC(=O)C[C@@H]1COc1c(F)ccc(F)c12. The topological polar surface area (TPSA) is 43.4 Å². The van der Waals surface area contributed by atoms with Gasteiger partial charge in [-0.05, 0) is 37.6 Å². The summed E-state index contributed by atoms with van der Waals surface area (Å²) in [5.41, 5.74) is 0.0916. The molecule has 0 radical (unpaired) electrons. The highest BCUT2D eigenvalue weighted by Gasteiger charge is 2.51. The Balaban J connectivity index is 0.000000221. The average molecular weight is 393 g/mol. The molecule has 1 fully saturated rings. The van der Waals surface area contributed by atoms with Crippen LogP contribution in [0.4, 0.5) is 8.78 Å². The molecule has 27 heavy (non-hydrogen) atoms. The van der Waals surface area contributed by atoms with Crippen molar-refractivity contribution < 1.29 is 23.1 Å². The highest BCUT2D eigenvalue weighted by atomic mass is 35.5. The van der Waals surface area contributed by atoms with E-state index in [1.165, 1.54) is 5.56 Å². The summed E-state index contributed by atoms with van der Waals surface area (Å²) in [7, 11) is 0. The van der Waals surface area contributed by atoms with Crippen LogP contribution in [0.1, 0.15) is 30.4 Å². The lowest BCUT2D eigenvalue weighted by molar-refractivity contribution is -0.128. The first-order chi connectivity index (χ1) is 12.9. The Morgan fingerprint density at radius 1 is 1.15 bits per heavy atom. The van der Waals surface area contributed by atoms with Gasteiger partial charge in [0.15, 0.2) is 11.6 Å². The normalized spacial score (nSPS) is 23.3. The number of aldehydes is 1. The summed E-state index contributed by atoms with van der Waals surface area (Å²) < 4.78 is 33.0. The Hall–Kier alpha value is -2.27. The van der Waals surface area contributed by atoms with E-state index < -0.39 is 23.0 Å². The molecule has 4 rings (SSSR count). The molecule has 2 aromatic rings. The molecule has 3 nitrogen and oxygen atoms in total. The third-order valence-corrected chi connectivity index (χ3v) is 5.45. The van der Waals surface area contributed by atoms with Crippen LogP contribution in [0.15, 0.2) is 36.4 Å². The van der Waals surface area contributed by atoms with Crippen molar-refractivity contribution in [3.05, 3.63) is 64.2 Å². The minimum atomic E-state index is -1.13. The van der Waals surface area contributed by atoms with Crippen LogP contribution in [0.2, 0.25) is 5.02 Å². The summed E-state index contributed by atoms with van der Waals surface area (Å²) in [5.74, 6) is -1.88. The van der Waals surface area contributed by atoms with Crippen LogP contribution >= 0.6 is 11.6 Å². The van der Waals surface area contributed by atoms with Crippen molar-refractivity contribution in [1.29, 1.82) is 0 Å². The molecule has 0 N–H and O–H groups in total. The van der Waals surface area contributed by atoms with E-state index in [2.05, 4.69) is 0 Å². The quantitative estimate of drug-likeness (QED) is 0.654. The smallest absolute Gasteiger partial charge is 0.165 e. The molecule has 0 spiro atoms. The van der Waals surface area contributed by atoms with E-state index in [1.807, 2.05) is 31.2 Å². The zero-order valence-electron chi connectivity index (χ0n) is 14.8. The summed E-state index contributed by atoms with van der Waals surface area (Å²) in [4.78, 5) is 23.1. The van der Waals surface area contributed by atoms with Crippen LogP contribution in [0.5, 0.6) is 5.75 Å². The van der Waals surface area contributed by atoms with E-state index in [1.54, 1.807) is 0 Å². The largest absolute Gasteiger partial charge is 0.490 e. The molecule has 2 aromatic carbocycles. The van der Waals surface area contributed by atoms with Crippen molar-refractivity contribution in [3.8, 4) is 5.75 Å². The van der Waals surface area contributed by atoms with Gasteiger partial charge in [-0.15, -0.1) is 0 Å². The molecule has 1 aliphatic carbocycles. The number of ether oxygens (including phenoxy) is 1. The first-order valence-corrected chi connectivity index (χ1v) is 9.06. The van der Waals surface area contributed by atoms with E-state index in [0.29, 0.717) is 6.29 Å². The van der Waals surface area contributed by atoms with Gasteiger partial charge in [-0.2, -0.15) is 0 Å². The van der Waals surface area contributed by atoms with Crippen molar-refractivity contribution in [2.45, 2.75) is 31.6 Å². The van der Waals surface area contributed by atoms with Gasteiger partial charge in [-0.25, -0.2) is 8.78 Å². The molecular weight excluding hydrogens is 374 g/mol. The van der Waals surface area contributed by atoms with E-state index in [4.69, 9.17) is 16.3 Å². The molecule has 6 heteroatoms. The first-order valence-electron chi connectivity index (χ1n) is 8.69. The van der Waals surface area contributed by atoms with Gasteiger partial charge < -0.3 is 9.53 Å². The molecule has 0 aromatic heterocycles. The average Bonchev–Trinajstić information content (AvgIpc) is 2.67. The maximum absolute atomic E-state index is 14.1. The summed E-state index contributed by atoms with van der Waals surface area (Å²) >= 11 is 5.61. The van der Waals surface area contributed by atoms with Crippen LogP contribution in [0, 0.1) is 24.5 Å². The fourth-order valence-electron chi connectivity index (χ4n) is 3.69. The molecule has 1 unspecified atom stereocenters. The second-order valence-electron chi connectivity index (χ2n) is 6.94. The van der Waals surface area contributed by atoms with Gasteiger partial charge in [-0.3, -0.25) is 4.79 Å². The van der Waals surface area contributed by atoms with Crippen LogP contribution in [-0.4, -0.2) is 18.7 Å². The van der Waals surface area contributed by atoms with E-state index >= 15 is 0 Å². The number of carbonyl (C=O) groups excluding carboxylic acids is 2. The zero-order chi connectivity index (χ0) is 19.6. The van der Waals surface area contributed by atoms with E-state index in [0.717, 1.165) is 17.2 Å². The van der Waals surface area contributed by atoms with Gasteiger partial charge in [0.2, 0.25) is 0 Å². The van der Waals surface area contributed by atoms with Crippen LogP contribution in [-0.2, 0) is 15.0 Å². The summed E-state index contributed by atoms with van der Waals surface area (Å²) in [6, 6.07) is 9.74. The molecule has 0 bridgehead atoms. The number of rotatable bonds is 1. The summed E-state index contributed by atoms with van der Waals surface area (Å²) in [6.45, 7) is 2.11. The van der Waals surface area contributed by atoms with Crippen molar-refractivity contribution in [1.82, 2.24) is 0 Å². The fraction of sp³-hybridized carbons (Fsp3) is 0.333. The number of ketones is 1. The van der Waals surface area contributed by atoms with Gasteiger partial charge in [0.05, 0.1) is 12.0 Å². The van der Waals surface area contributed by atoms with Gasteiger partial charge >= 0.3 is 0 Å². The summed E-state index contributed by atoms with van der Waals surface area (Å²) in [5, 5.41) is 0.801. The number of benzene rings is 2. The number of hydrogen-bond donors (Lipinski definition) is 0. The maximum Gasteiger partial charge on any atom is 0.165 e. The van der Waals surface area contributed by atoms with Gasteiger partial charge in [0, 0.05) is 29.3 Å².